The first-order chi connectivity index (χ1) is 14.5. The van der Waals surface area contributed by atoms with Crippen LogP contribution in [-0.4, -0.2) is 27.2 Å². The normalized spacial score (nSPS) is 11.0. The Hall–Kier alpha value is -3.67. The van der Waals surface area contributed by atoms with Crippen molar-refractivity contribution in [1.82, 2.24) is 9.55 Å². The summed E-state index contributed by atoms with van der Waals surface area (Å²) in [6, 6.07) is 19.4. The van der Waals surface area contributed by atoms with Crippen molar-refractivity contribution in [3.63, 3.8) is 0 Å². The Morgan fingerprint density at radius 1 is 1.07 bits per heavy atom. The highest BCUT2D eigenvalue weighted by Crippen LogP contribution is 2.25. The summed E-state index contributed by atoms with van der Waals surface area (Å²) in [5.41, 5.74) is 3.68. The van der Waals surface area contributed by atoms with E-state index < -0.39 is 5.97 Å². The zero-order chi connectivity index (χ0) is 21.1. The van der Waals surface area contributed by atoms with Crippen LogP contribution < -0.4 is 4.74 Å². The Labute approximate surface area is 173 Å². The number of hydrogen-bond acceptors (Lipinski definition) is 3. The van der Waals surface area contributed by atoms with Crippen molar-refractivity contribution >= 4 is 17.0 Å². The highest BCUT2D eigenvalue weighted by Gasteiger charge is 2.15. The van der Waals surface area contributed by atoms with Crippen molar-refractivity contribution in [2.45, 2.75) is 19.9 Å². The zero-order valence-electron chi connectivity index (χ0n) is 16.5. The first-order valence-electron chi connectivity index (χ1n) is 9.72. The molecular weight excluding hydrogens is 383 g/mol. The second-order valence-corrected chi connectivity index (χ2v) is 6.98. The fourth-order valence-corrected chi connectivity index (χ4v) is 3.57. The molecular formula is C24H21FN2O3. The quantitative estimate of drug-likeness (QED) is 0.475. The smallest absolute Gasteiger partial charge is 0.339 e. The number of imidazole rings is 1. The second-order valence-electron chi connectivity index (χ2n) is 6.98. The summed E-state index contributed by atoms with van der Waals surface area (Å²) >= 11 is 0. The van der Waals surface area contributed by atoms with E-state index in [1.165, 1.54) is 12.1 Å². The van der Waals surface area contributed by atoms with Gasteiger partial charge in [-0.2, -0.15) is 0 Å². The second kappa shape index (κ2) is 8.37. The van der Waals surface area contributed by atoms with Crippen LogP contribution in [0.2, 0.25) is 0 Å². The van der Waals surface area contributed by atoms with Crippen molar-refractivity contribution in [3.8, 4) is 5.75 Å². The van der Waals surface area contributed by atoms with E-state index in [1.54, 1.807) is 24.3 Å². The molecule has 0 aliphatic carbocycles. The predicted octanol–water partition coefficient (Wildman–Crippen LogP) is 4.91. The van der Waals surface area contributed by atoms with E-state index >= 15 is 0 Å². The molecule has 6 heteroatoms. The van der Waals surface area contributed by atoms with Crippen molar-refractivity contribution in [2.75, 3.05) is 6.61 Å². The van der Waals surface area contributed by atoms with Crippen molar-refractivity contribution in [3.05, 3.63) is 95.1 Å². The minimum Gasteiger partial charge on any atom is -0.493 e. The van der Waals surface area contributed by atoms with Crippen LogP contribution in [-0.2, 0) is 13.0 Å². The van der Waals surface area contributed by atoms with E-state index in [0.29, 0.717) is 25.3 Å². The molecule has 4 aromatic rings. The van der Waals surface area contributed by atoms with Gasteiger partial charge >= 0.3 is 5.97 Å². The molecule has 1 heterocycles. The Bertz CT molecular complexity index is 1220. The fraction of sp³-hybridized carbons (Fsp3) is 0.167. The summed E-state index contributed by atoms with van der Waals surface area (Å²) in [6.07, 6.45) is 0.490. The number of rotatable bonds is 7. The molecule has 152 valence electrons. The summed E-state index contributed by atoms with van der Waals surface area (Å²) in [5.74, 6) is -0.145. The van der Waals surface area contributed by atoms with Gasteiger partial charge in [0, 0.05) is 13.0 Å². The SMILES string of the molecule is CCOc1cc(Cc2nc3ccccc3n2Cc2cccc(F)c2)ccc1C(=O)O. The molecule has 4 rings (SSSR count). The third-order valence-corrected chi connectivity index (χ3v) is 4.90. The minimum absolute atomic E-state index is 0.133. The molecule has 3 aromatic carbocycles. The average Bonchev–Trinajstić information content (AvgIpc) is 3.05. The van der Waals surface area contributed by atoms with Crippen LogP contribution in [0.5, 0.6) is 5.75 Å². The van der Waals surface area contributed by atoms with Crippen molar-refractivity contribution < 1.29 is 19.0 Å². The lowest BCUT2D eigenvalue weighted by atomic mass is 10.1. The van der Waals surface area contributed by atoms with Gasteiger partial charge in [-0.1, -0.05) is 30.3 Å². The van der Waals surface area contributed by atoms with E-state index in [0.717, 1.165) is 28.0 Å². The molecule has 0 atom stereocenters. The lowest BCUT2D eigenvalue weighted by Gasteiger charge is -2.12. The summed E-state index contributed by atoms with van der Waals surface area (Å²) in [6.45, 7) is 2.68. The van der Waals surface area contributed by atoms with Gasteiger partial charge in [0.15, 0.2) is 0 Å². The number of carboxylic acids is 1. The maximum atomic E-state index is 13.7. The number of fused-ring (bicyclic) bond motifs is 1. The van der Waals surface area contributed by atoms with E-state index in [-0.39, 0.29) is 11.4 Å². The van der Waals surface area contributed by atoms with E-state index in [2.05, 4.69) is 4.57 Å². The van der Waals surface area contributed by atoms with Crippen LogP contribution >= 0.6 is 0 Å². The Morgan fingerprint density at radius 2 is 1.90 bits per heavy atom. The van der Waals surface area contributed by atoms with Gasteiger partial charge in [0.25, 0.3) is 0 Å². The van der Waals surface area contributed by atoms with Gasteiger partial charge in [0.1, 0.15) is 23.0 Å². The molecule has 0 saturated carbocycles. The lowest BCUT2D eigenvalue weighted by Crippen LogP contribution is -2.07. The highest BCUT2D eigenvalue weighted by atomic mass is 19.1. The molecule has 5 nitrogen and oxygen atoms in total. The topological polar surface area (TPSA) is 64.4 Å². The molecule has 30 heavy (non-hydrogen) atoms. The van der Waals surface area contributed by atoms with Crippen molar-refractivity contribution in [2.24, 2.45) is 0 Å². The highest BCUT2D eigenvalue weighted by molar-refractivity contribution is 5.91. The first kappa shape index (κ1) is 19.6. The molecule has 0 spiro atoms. The molecule has 1 N–H and O–H groups in total. The maximum absolute atomic E-state index is 13.7. The van der Waals surface area contributed by atoms with E-state index in [4.69, 9.17) is 9.72 Å². The number of carbonyl (C=O) groups is 1. The average molecular weight is 404 g/mol. The van der Waals surface area contributed by atoms with Gasteiger partial charge < -0.3 is 14.4 Å². The lowest BCUT2D eigenvalue weighted by molar-refractivity contribution is 0.0692. The number of carboxylic acid groups (broad SMARTS) is 1. The Kier molecular flexibility index (Phi) is 5.48. The van der Waals surface area contributed by atoms with Gasteiger partial charge in [0.2, 0.25) is 0 Å². The molecule has 0 saturated heterocycles. The zero-order valence-corrected chi connectivity index (χ0v) is 16.5. The molecule has 0 radical (unpaired) electrons. The Balaban J connectivity index is 1.74. The number of benzene rings is 3. The number of hydrogen-bond donors (Lipinski definition) is 1. The fourth-order valence-electron chi connectivity index (χ4n) is 3.57. The number of aromatic carboxylic acids is 1. The van der Waals surface area contributed by atoms with Crippen LogP contribution in [0.15, 0.2) is 66.7 Å². The van der Waals surface area contributed by atoms with Gasteiger partial charge in [-0.25, -0.2) is 14.2 Å². The van der Waals surface area contributed by atoms with Crippen molar-refractivity contribution in [1.29, 1.82) is 0 Å². The standard InChI is InChI=1S/C24H21FN2O3/c1-2-30-22-13-16(10-11-19(22)24(28)29)14-23-26-20-8-3-4-9-21(20)27(23)15-17-6-5-7-18(25)12-17/h3-13H,2,14-15H2,1H3,(H,28,29). The molecule has 0 aliphatic heterocycles. The molecule has 0 amide bonds. The molecule has 0 aliphatic rings. The number of aromatic nitrogens is 2. The minimum atomic E-state index is -1.02. The summed E-state index contributed by atoms with van der Waals surface area (Å²) < 4.78 is 21.3. The van der Waals surface area contributed by atoms with Crippen LogP contribution in [0.25, 0.3) is 11.0 Å². The van der Waals surface area contributed by atoms with Crippen LogP contribution in [0.1, 0.15) is 34.2 Å². The molecule has 0 unspecified atom stereocenters. The van der Waals surface area contributed by atoms with E-state index in [1.807, 2.05) is 37.3 Å². The van der Waals surface area contributed by atoms with Gasteiger partial charge in [0.05, 0.1) is 17.6 Å². The third-order valence-electron chi connectivity index (χ3n) is 4.90. The van der Waals surface area contributed by atoms with Crippen LogP contribution in [0, 0.1) is 5.82 Å². The molecule has 0 fully saturated rings. The number of halogens is 1. The summed E-state index contributed by atoms with van der Waals surface area (Å²) in [7, 11) is 0. The van der Waals surface area contributed by atoms with E-state index in [9.17, 15) is 14.3 Å². The Morgan fingerprint density at radius 3 is 2.67 bits per heavy atom. The van der Waals surface area contributed by atoms with Crippen LogP contribution in [0.3, 0.4) is 0 Å². The van der Waals surface area contributed by atoms with Gasteiger partial charge in [-0.05, 0) is 54.4 Å². The number of para-hydroxylation sites is 2. The third kappa shape index (κ3) is 4.03. The summed E-state index contributed by atoms with van der Waals surface area (Å²) in [5, 5.41) is 9.37. The monoisotopic (exact) mass is 404 g/mol. The maximum Gasteiger partial charge on any atom is 0.339 e. The number of nitrogens with zero attached hydrogens (tertiary/aromatic N) is 2. The first-order valence-corrected chi connectivity index (χ1v) is 9.72. The van der Waals surface area contributed by atoms with Crippen LogP contribution in [0.4, 0.5) is 4.39 Å². The largest absolute Gasteiger partial charge is 0.493 e. The van der Waals surface area contributed by atoms with Gasteiger partial charge in [-0.15, -0.1) is 0 Å². The number of ether oxygens (including phenoxy) is 1. The molecule has 1 aromatic heterocycles. The predicted molar refractivity (Wildman–Crippen MR) is 113 cm³/mol. The van der Waals surface area contributed by atoms with Gasteiger partial charge in [-0.3, -0.25) is 0 Å². The molecule has 0 bridgehead atoms. The summed E-state index contributed by atoms with van der Waals surface area (Å²) in [4.78, 5) is 16.2.